The number of hydrogen-bond donors (Lipinski definition) is 0. The van der Waals surface area contributed by atoms with E-state index in [1.807, 2.05) is 0 Å². The molecular weight excluding hydrogens is 220 g/mol. The van der Waals surface area contributed by atoms with Gasteiger partial charge in [0.1, 0.15) is 0 Å². The number of hydrogen-bond acceptors (Lipinski definition) is 2. The van der Waals surface area contributed by atoms with E-state index in [-0.39, 0.29) is 5.41 Å². The molecule has 2 heteroatoms. The van der Waals surface area contributed by atoms with Crippen LogP contribution >= 0.6 is 0 Å². The minimum absolute atomic E-state index is 0.199. The average molecular weight is 242 g/mol. The summed E-state index contributed by atoms with van der Waals surface area (Å²) in [7, 11) is 0. The summed E-state index contributed by atoms with van der Waals surface area (Å²) in [4.78, 5) is 2.49. The van der Waals surface area contributed by atoms with Crippen LogP contribution < -0.4 is 0 Å². The topological polar surface area (TPSA) is 27.0 Å². The molecule has 2 nitrogen and oxygen atoms in total. The molecule has 0 bridgehead atoms. The number of nitrogens with zero attached hydrogens (tertiary/aromatic N) is 2. The van der Waals surface area contributed by atoms with E-state index in [0.29, 0.717) is 5.92 Å². The molecule has 0 aromatic heterocycles. The molecule has 1 aromatic carbocycles. The Labute approximate surface area is 110 Å². The second-order valence-electron chi connectivity index (χ2n) is 5.89. The normalized spacial score (nSPS) is 21.5. The van der Waals surface area contributed by atoms with Crippen LogP contribution in [0.25, 0.3) is 0 Å². The van der Waals surface area contributed by atoms with Crippen LogP contribution in [0.2, 0.25) is 0 Å². The molecule has 1 aliphatic heterocycles. The lowest BCUT2D eigenvalue weighted by atomic mass is 9.76. The van der Waals surface area contributed by atoms with Gasteiger partial charge in [-0.3, -0.25) is 4.90 Å². The number of likely N-dealkylation sites (tertiary alicyclic amines) is 1. The van der Waals surface area contributed by atoms with Gasteiger partial charge in [0.15, 0.2) is 0 Å². The summed E-state index contributed by atoms with van der Waals surface area (Å²) in [5.41, 5.74) is 1.17. The molecule has 1 saturated heterocycles. The van der Waals surface area contributed by atoms with Crippen LogP contribution in [0.1, 0.15) is 32.3 Å². The zero-order chi connectivity index (χ0) is 13.0. The lowest BCUT2D eigenvalue weighted by Gasteiger charge is -2.38. The van der Waals surface area contributed by atoms with Gasteiger partial charge in [-0.05, 0) is 44.7 Å². The van der Waals surface area contributed by atoms with Crippen molar-refractivity contribution in [3.05, 3.63) is 35.9 Å². The number of rotatable bonds is 3. The van der Waals surface area contributed by atoms with Gasteiger partial charge in [0.05, 0.1) is 11.5 Å². The Hall–Kier alpha value is -1.33. The van der Waals surface area contributed by atoms with Gasteiger partial charge >= 0.3 is 0 Å². The maximum atomic E-state index is 9.25. The monoisotopic (exact) mass is 242 g/mol. The average Bonchev–Trinajstić information content (AvgIpc) is 2.40. The third kappa shape index (κ3) is 3.11. The predicted octanol–water partition coefficient (Wildman–Crippen LogP) is 3.45. The summed E-state index contributed by atoms with van der Waals surface area (Å²) < 4.78 is 0. The SMILES string of the molecule is CC(C)(C#N)C1CCCN(Cc2ccccc2)C1. The molecule has 0 amide bonds. The maximum absolute atomic E-state index is 9.25. The van der Waals surface area contributed by atoms with Gasteiger partial charge in [-0.25, -0.2) is 0 Å². The van der Waals surface area contributed by atoms with E-state index < -0.39 is 0 Å². The summed E-state index contributed by atoms with van der Waals surface area (Å²) in [6, 6.07) is 13.1. The number of piperidine rings is 1. The Balaban J connectivity index is 1.98. The summed E-state index contributed by atoms with van der Waals surface area (Å²) >= 11 is 0. The first-order chi connectivity index (χ1) is 8.62. The fraction of sp³-hybridized carbons (Fsp3) is 0.562. The molecule has 2 rings (SSSR count). The lowest BCUT2D eigenvalue weighted by Crippen LogP contribution is -2.40. The molecule has 1 heterocycles. The largest absolute Gasteiger partial charge is 0.299 e. The molecular formula is C16H22N2. The molecule has 18 heavy (non-hydrogen) atoms. The summed E-state index contributed by atoms with van der Waals surface area (Å²) in [6.07, 6.45) is 2.40. The third-order valence-electron chi connectivity index (χ3n) is 4.06. The Morgan fingerprint density at radius 3 is 2.72 bits per heavy atom. The van der Waals surface area contributed by atoms with E-state index in [1.165, 1.54) is 18.4 Å². The van der Waals surface area contributed by atoms with E-state index in [0.717, 1.165) is 19.6 Å². The van der Waals surface area contributed by atoms with Crippen molar-refractivity contribution in [2.75, 3.05) is 13.1 Å². The molecule has 1 aliphatic rings. The predicted molar refractivity (Wildman–Crippen MR) is 73.8 cm³/mol. The summed E-state index contributed by atoms with van der Waals surface area (Å²) in [5, 5.41) is 9.25. The minimum atomic E-state index is -0.199. The van der Waals surface area contributed by atoms with E-state index in [1.54, 1.807) is 0 Å². The maximum Gasteiger partial charge on any atom is 0.0687 e. The highest BCUT2D eigenvalue weighted by Gasteiger charge is 2.33. The van der Waals surface area contributed by atoms with Crippen molar-refractivity contribution in [2.24, 2.45) is 11.3 Å². The van der Waals surface area contributed by atoms with Gasteiger partial charge in [-0.2, -0.15) is 5.26 Å². The van der Waals surface area contributed by atoms with Crippen LogP contribution in [0.15, 0.2) is 30.3 Å². The van der Waals surface area contributed by atoms with Crippen LogP contribution in [0, 0.1) is 22.7 Å². The Bertz CT molecular complexity index is 416. The molecule has 0 radical (unpaired) electrons. The van der Waals surface area contributed by atoms with Crippen LogP contribution in [-0.4, -0.2) is 18.0 Å². The first kappa shape index (κ1) is 13.1. The van der Waals surface area contributed by atoms with Gasteiger partial charge in [-0.15, -0.1) is 0 Å². The van der Waals surface area contributed by atoms with Crippen molar-refractivity contribution >= 4 is 0 Å². The van der Waals surface area contributed by atoms with Crippen LogP contribution in [-0.2, 0) is 6.54 Å². The van der Waals surface area contributed by atoms with E-state index in [2.05, 4.69) is 55.1 Å². The molecule has 0 aliphatic carbocycles. The molecule has 0 saturated carbocycles. The molecule has 0 N–H and O–H groups in total. The third-order valence-corrected chi connectivity index (χ3v) is 4.06. The van der Waals surface area contributed by atoms with Crippen LogP contribution in [0.3, 0.4) is 0 Å². The van der Waals surface area contributed by atoms with Crippen LogP contribution in [0.4, 0.5) is 0 Å². The lowest BCUT2D eigenvalue weighted by molar-refractivity contribution is 0.113. The molecule has 1 unspecified atom stereocenters. The van der Waals surface area contributed by atoms with Crippen molar-refractivity contribution in [1.29, 1.82) is 5.26 Å². The first-order valence-electron chi connectivity index (χ1n) is 6.79. The Morgan fingerprint density at radius 1 is 1.33 bits per heavy atom. The molecule has 96 valence electrons. The van der Waals surface area contributed by atoms with Crippen molar-refractivity contribution in [2.45, 2.75) is 33.2 Å². The quantitative estimate of drug-likeness (QED) is 0.811. The fourth-order valence-corrected chi connectivity index (χ4v) is 2.72. The minimum Gasteiger partial charge on any atom is -0.299 e. The second-order valence-corrected chi connectivity index (χ2v) is 5.89. The zero-order valence-electron chi connectivity index (χ0n) is 11.4. The van der Waals surface area contributed by atoms with E-state index in [4.69, 9.17) is 0 Å². The summed E-state index contributed by atoms with van der Waals surface area (Å²) in [5.74, 6) is 0.500. The van der Waals surface area contributed by atoms with Gasteiger partial charge in [-0.1, -0.05) is 30.3 Å². The Morgan fingerprint density at radius 2 is 2.06 bits per heavy atom. The molecule has 1 aromatic rings. The van der Waals surface area contributed by atoms with E-state index in [9.17, 15) is 5.26 Å². The van der Waals surface area contributed by atoms with Gasteiger partial charge in [0.2, 0.25) is 0 Å². The molecule has 1 fully saturated rings. The summed E-state index contributed by atoms with van der Waals surface area (Å²) in [6.45, 7) is 7.37. The Kier molecular flexibility index (Phi) is 4.04. The van der Waals surface area contributed by atoms with Gasteiger partial charge in [0.25, 0.3) is 0 Å². The first-order valence-corrected chi connectivity index (χ1v) is 6.79. The highest BCUT2D eigenvalue weighted by atomic mass is 15.1. The zero-order valence-corrected chi connectivity index (χ0v) is 11.4. The van der Waals surface area contributed by atoms with Crippen molar-refractivity contribution in [3.63, 3.8) is 0 Å². The number of nitriles is 1. The standard InChI is InChI=1S/C16H22N2/c1-16(2,13-17)15-9-6-10-18(12-15)11-14-7-4-3-5-8-14/h3-5,7-8,15H,6,9-12H2,1-2H3. The molecule has 1 atom stereocenters. The van der Waals surface area contributed by atoms with E-state index >= 15 is 0 Å². The van der Waals surface area contributed by atoms with Gasteiger partial charge < -0.3 is 0 Å². The van der Waals surface area contributed by atoms with Crippen LogP contribution in [0.5, 0.6) is 0 Å². The highest BCUT2D eigenvalue weighted by molar-refractivity contribution is 5.14. The molecule has 0 spiro atoms. The van der Waals surface area contributed by atoms with Crippen molar-refractivity contribution in [1.82, 2.24) is 4.90 Å². The fourth-order valence-electron chi connectivity index (χ4n) is 2.72. The van der Waals surface area contributed by atoms with Gasteiger partial charge in [0, 0.05) is 13.1 Å². The van der Waals surface area contributed by atoms with Crippen molar-refractivity contribution < 1.29 is 0 Å². The smallest absolute Gasteiger partial charge is 0.0687 e. The van der Waals surface area contributed by atoms with Crippen molar-refractivity contribution in [3.8, 4) is 6.07 Å². The second kappa shape index (κ2) is 5.54. The highest BCUT2D eigenvalue weighted by Crippen LogP contribution is 2.33. The number of benzene rings is 1.